The van der Waals surface area contributed by atoms with Gasteiger partial charge >= 0.3 is 0 Å². The molecule has 2 aromatic rings. The topological polar surface area (TPSA) is 45.2 Å². The Morgan fingerprint density at radius 2 is 1.86 bits per heavy atom. The first kappa shape index (κ1) is 14.7. The summed E-state index contributed by atoms with van der Waals surface area (Å²) in [7, 11) is 2.08. The normalized spacial score (nSPS) is 16.2. The number of aryl methyl sites for hydroxylation is 1. The average Bonchev–Trinajstić information content (AvgIpc) is 2.94. The highest BCUT2D eigenvalue weighted by atomic mass is 79.9. The Morgan fingerprint density at radius 1 is 1.19 bits per heavy atom. The van der Waals surface area contributed by atoms with Crippen LogP contribution < -0.4 is 9.80 Å². The van der Waals surface area contributed by atoms with Gasteiger partial charge in [-0.15, -0.1) is 11.3 Å². The van der Waals surface area contributed by atoms with Crippen LogP contribution in [0.25, 0.3) is 0 Å². The van der Waals surface area contributed by atoms with Crippen LogP contribution in [0, 0.1) is 6.92 Å². The molecule has 0 aromatic carbocycles. The van der Waals surface area contributed by atoms with Crippen LogP contribution in [0.5, 0.6) is 0 Å². The minimum atomic E-state index is 0.489. The van der Waals surface area contributed by atoms with Gasteiger partial charge in [0, 0.05) is 49.6 Å². The Kier molecular flexibility index (Phi) is 4.40. The van der Waals surface area contributed by atoms with Crippen molar-refractivity contribution in [2.24, 2.45) is 0 Å². The molecule has 0 aliphatic carbocycles. The minimum absolute atomic E-state index is 0.489. The van der Waals surface area contributed by atoms with E-state index in [-0.39, 0.29) is 0 Å². The van der Waals surface area contributed by atoms with Crippen LogP contribution in [0.2, 0.25) is 0 Å². The molecule has 0 saturated carbocycles. The lowest BCUT2D eigenvalue weighted by Gasteiger charge is -2.36. The summed E-state index contributed by atoms with van der Waals surface area (Å²) >= 11 is 5.14. The Hall–Kier alpha value is -1.21. The van der Waals surface area contributed by atoms with Crippen LogP contribution in [-0.4, -0.2) is 41.1 Å². The zero-order chi connectivity index (χ0) is 14.8. The molecule has 0 amide bonds. The molecule has 5 nitrogen and oxygen atoms in total. The van der Waals surface area contributed by atoms with Gasteiger partial charge in [-0.1, -0.05) is 0 Å². The summed E-state index contributed by atoms with van der Waals surface area (Å²) in [6.45, 7) is 4.18. The number of hydrogen-bond donors (Lipinski definition) is 0. The van der Waals surface area contributed by atoms with Gasteiger partial charge in [0.25, 0.3) is 0 Å². The first-order valence-corrected chi connectivity index (χ1v) is 8.62. The minimum Gasteiger partial charge on any atom is -0.348 e. The van der Waals surface area contributed by atoms with Crippen LogP contribution >= 0.6 is 27.3 Å². The number of rotatable bonds is 3. The third kappa shape index (κ3) is 3.35. The maximum absolute atomic E-state index is 4.48. The van der Waals surface area contributed by atoms with Gasteiger partial charge in [0.2, 0.25) is 5.95 Å². The highest BCUT2D eigenvalue weighted by molar-refractivity contribution is 9.10. The van der Waals surface area contributed by atoms with E-state index in [0.29, 0.717) is 6.04 Å². The molecule has 0 unspecified atom stereocenters. The van der Waals surface area contributed by atoms with E-state index in [4.69, 9.17) is 0 Å². The van der Waals surface area contributed by atoms with Gasteiger partial charge < -0.3 is 9.80 Å². The Bertz CT molecular complexity index is 592. The van der Waals surface area contributed by atoms with E-state index < -0.39 is 0 Å². The molecule has 1 fully saturated rings. The van der Waals surface area contributed by atoms with Gasteiger partial charge in [-0.2, -0.15) is 0 Å². The molecule has 3 heterocycles. The van der Waals surface area contributed by atoms with Crippen molar-refractivity contribution in [2.75, 3.05) is 29.9 Å². The summed E-state index contributed by atoms with van der Waals surface area (Å²) in [6.07, 6.45) is 7.76. The van der Waals surface area contributed by atoms with Crippen molar-refractivity contribution in [3.63, 3.8) is 0 Å². The van der Waals surface area contributed by atoms with E-state index in [0.717, 1.165) is 41.5 Å². The molecular formula is C14H18BrN5S. The molecule has 1 aliphatic rings. The molecular weight excluding hydrogens is 350 g/mol. The average molecular weight is 368 g/mol. The van der Waals surface area contributed by atoms with E-state index in [2.05, 4.69) is 54.7 Å². The van der Waals surface area contributed by atoms with Crippen molar-refractivity contribution in [1.82, 2.24) is 15.0 Å². The molecule has 1 aliphatic heterocycles. The maximum atomic E-state index is 4.48. The van der Waals surface area contributed by atoms with E-state index >= 15 is 0 Å². The van der Waals surface area contributed by atoms with E-state index in [1.165, 1.54) is 4.88 Å². The smallest absolute Gasteiger partial charge is 0.225 e. The predicted octanol–water partition coefficient (Wildman–Crippen LogP) is 3.11. The summed E-state index contributed by atoms with van der Waals surface area (Å²) in [5.41, 5.74) is 0. The number of hydrogen-bond acceptors (Lipinski definition) is 6. The Morgan fingerprint density at radius 3 is 2.43 bits per heavy atom. The van der Waals surface area contributed by atoms with Crippen molar-refractivity contribution >= 4 is 38.3 Å². The Balaban J connectivity index is 1.61. The molecule has 3 rings (SSSR count). The molecule has 0 N–H and O–H groups in total. The zero-order valence-electron chi connectivity index (χ0n) is 12.2. The van der Waals surface area contributed by atoms with Gasteiger partial charge in [-0.05, 0) is 35.7 Å². The van der Waals surface area contributed by atoms with Crippen molar-refractivity contribution in [2.45, 2.75) is 25.8 Å². The first-order valence-electron chi connectivity index (χ1n) is 7.01. The number of halogens is 1. The zero-order valence-corrected chi connectivity index (χ0v) is 14.6. The third-order valence-electron chi connectivity index (χ3n) is 3.81. The molecule has 0 bridgehead atoms. The van der Waals surface area contributed by atoms with Crippen molar-refractivity contribution in [3.8, 4) is 0 Å². The molecule has 2 aromatic heterocycles. The number of thiazole rings is 1. The van der Waals surface area contributed by atoms with E-state index in [9.17, 15) is 0 Å². The van der Waals surface area contributed by atoms with Crippen LogP contribution in [0.1, 0.15) is 17.7 Å². The Labute approximate surface area is 137 Å². The number of aromatic nitrogens is 3. The number of nitrogens with zero attached hydrogens (tertiary/aromatic N) is 5. The fourth-order valence-corrected chi connectivity index (χ4v) is 3.60. The lowest BCUT2D eigenvalue weighted by Crippen LogP contribution is -2.44. The summed E-state index contributed by atoms with van der Waals surface area (Å²) in [4.78, 5) is 19.1. The SMILES string of the molecule is Cc1cnc(N2CCC(N(C)c3ncc(Br)cn3)CC2)s1. The largest absolute Gasteiger partial charge is 0.348 e. The van der Waals surface area contributed by atoms with Crippen molar-refractivity contribution in [3.05, 3.63) is 27.9 Å². The quantitative estimate of drug-likeness (QED) is 0.833. The highest BCUT2D eigenvalue weighted by Crippen LogP contribution is 2.27. The van der Waals surface area contributed by atoms with Crippen LogP contribution in [0.15, 0.2) is 23.1 Å². The summed E-state index contributed by atoms with van der Waals surface area (Å²) < 4.78 is 0.911. The summed E-state index contributed by atoms with van der Waals surface area (Å²) in [5.74, 6) is 0.793. The molecule has 0 atom stereocenters. The van der Waals surface area contributed by atoms with Gasteiger partial charge in [0.05, 0.1) is 4.47 Å². The molecule has 0 radical (unpaired) electrons. The third-order valence-corrected chi connectivity index (χ3v) is 5.20. The van der Waals surface area contributed by atoms with E-state index in [1.807, 2.05) is 6.20 Å². The second-order valence-corrected chi connectivity index (χ2v) is 7.41. The highest BCUT2D eigenvalue weighted by Gasteiger charge is 2.25. The lowest BCUT2D eigenvalue weighted by molar-refractivity contribution is 0.477. The van der Waals surface area contributed by atoms with Gasteiger partial charge in [-0.25, -0.2) is 15.0 Å². The fourth-order valence-electron chi connectivity index (χ4n) is 2.58. The van der Waals surface area contributed by atoms with Gasteiger partial charge in [0.15, 0.2) is 5.13 Å². The van der Waals surface area contributed by atoms with Gasteiger partial charge in [-0.3, -0.25) is 0 Å². The standard InChI is InChI=1S/C14H18BrN5S/c1-10-7-18-14(21-10)20-5-3-12(4-6-20)19(2)13-16-8-11(15)9-17-13/h7-9,12H,3-6H2,1-2H3. The van der Waals surface area contributed by atoms with Crippen LogP contribution in [0.4, 0.5) is 11.1 Å². The van der Waals surface area contributed by atoms with Crippen LogP contribution in [0.3, 0.4) is 0 Å². The first-order chi connectivity index (χ1) is 10.1. The fraction of sp³-hybridized carbons (Fsp3) is 0.500. The molecule has 112 valence electrons. The van der Waals surface area contributed by atoms with Crippen LogP contribution in [-0.2, 0) is 0 Å². The summed E-state index contributed by atoms with van der Waals surface area (Å²) in [5, 5.41) is 1.15. The van der Waals surface area contributed by atoms with Crippen molar-refractivity contribution < 1.29 is 0 Å². The predicted molar refractivity (Wildman–Crippen MR) is 90.2 cm³/mol. The molecule has 7 heteroatoms. The molecule has 1 saturated heterocycles. The van der Waals surface area contributed by atoms with Crippen molar-refractivity contribution in [1.29, 1.82) is 0 Å². The molecule has 21 heavy (non-hydrogen) atoms. The lowest BCUT2D eigenvalue weighted by atomic mass is 10.0. The second kappa shape index (κ2) is 6.27. The summed E-state index contributed by atoms with van der Waals surface area (Å²) in [6, 6.07) is 0.489. The van der Waals surface area contributed by atoms with E-state index in [1.54, 1.807) is 23.7 Å². The number of anilines is 2. The monoisotopic (exact) mass is 367 g/mol. The van der Waals surface area contributed by atoms with Gasteiger partial charge in [0.1, 0.15) is 0 Å². The molecule has 0 spiro atoms. The second-order valence-electron chi connectivity index (χ2n) is 5.28. The number of piperidine rings is 1. The maximum Gasteiger partial charge on any atom is 0.225 e.